The van der Waals surface area contributed by atoms with Crippen molar-refractivity contribution in [3.63, 3.8) is 0 Å². The zero-order valence-electron chi connectivity index (χ0n) is 15.0. The monoisotopic (exact) mass is 381 g/mol. The van der Waals surface area contributed by atoms with Gasteiger partial charge in [-0.15, -0.1) is 11.8 Å². The van der Waals surface area contributed by atoms with Crippen LogP contribution in [0.15, 0.2) is 64.7 Å². The Hall–Kier alpha value is -3.06. The number of nitrogens with zero attached hydrogens (tertiary/aromatic N) is 2. The van der Waals surface area contributed by atoms with E-state index in [1.165, 1.54) is 11.8 Å². The third kappa shape index (κ3) is 4.77. The van der Waals surface area contributed by atoms with Crippen molar-refractivity contribution in [2.24, 2.45) is 5.10 Å². The molecule has 0 fully saturated rings. The average Bonchev–Trinajstić information content (AvgIpc) is 2.72. The van der Waals surface area contributed by atoms with E-state index in [0.29, 0.717) is 11.5 Å². The molecule has 1 amide bonds. The maximum absolute atomic E-state index is 12.1. The standard InChI is InChI=1S/C20H19N3O3S/c1-25-16-9-8-14(11-17(16)26-2)12-22-23-19(24)13-27-18-7-3-5-15-6-4-10-21-20(15)18/h3-12H,13H2,1-2H3,(H,23,24)/b22-12+. The normalized spacial score (nSPS) is 10.9. The van der Waals surface area contributed by atoms with Crippen LogP contribution in [0.5, 0.6) is 11.5 Å². The molecule has 0 atom stereocenters. The number of thioether (sulfide) groups is 1. The fourth-order valence-corrected chi connectivity index (χ4v) is 3.31. The van der Waals surface area contributed by atoms with Crippen LogP contribution in [0, 0.1) is 0 Å². The molecule has 7 heteroatoms. The van der Waals surface area contributed by atoms with E-state index in [2.05, 4.69) is 15.5 Å². The second-order valence-electron chi connectivity index (χ2n) is 5.53. The van der Waals surface area contributed by atoms with Gasteiger partial charge in [-0.05, 0) is 35.9 Å². The summed E-state index contributed by atoms with van der Waals surface area (Å²) in [4.78, 5) is 17.4. The van der Waals surface area contributed by atoms with Crippen molar-refractivity contribution < 1.29 is 14.3 Å². The van der Waals surface area contributed by atoms with Crippen molar-refractivity contribution in [2.45, 2.75) is 4.90 Å². The highest BCUT2D eigenvalue weighted by atomic mass is 32.2. The fraction of sp³-hybridized carbons (Fsp3) is 0.150. The van der Waals surface area contributed by atoms with Crippen molar-refractivity contribution in [1.29, 1.82) is 0 Å². The Balaban J connectivity index is 1.57. The van der Waals surface area contributed by atoms with Gasteiger partial charge in [0.15, 0.2) is 11.5 Å². The van der Waals surface area contributed by atoms with Crippen LogP contribution in [-0.4, -0.2) is 37.1 Å². The van der Waals surface area contributed by atoms with E-state index in [1.54, 1.807) is 38.8 Å². The number of fused-ring (bicyclic) bond motifs is 1. The van der Waals surface area contributed by atoms with Gasteiger partial charge in [-0.1, -0.05) is 18.2 Å². The van der Waals surface area contributed by atoms with Crippen LogP contribution in [0.1, 0.15) is 5.56 Å². The van der Waals surface area contributed by atoms with Gasteiger partial charge in [-0.3, -0.25) is 9.78 Å². The summed E-state index contributed by atoms with van der Waals surface area (Å²) in [6.45, 7) is 0. The van der Waals surface area contributed by atoms with Crippen LogP contribution >= 0.6 is 11.8 Å². The topological polar surface area (TPSA) is 72.8 Å². The second-order valence-corrected chi connectivity index (χ2v) is 6.54. The number of hydrogen-bond acceptors (Lipinski definition) is 6. The van der Waals surface area contributed by atoms with Crippen molar-refractivity contribution in [2.75, 3.05) is 20.0 Å². The molecule has 0 saturated heterocycles. The molecule has 0 bridgehead atoms. The molecule has 2 aromatic carbocycles. The van der Waals surface area contributed by atoms with E-state index in [1.807, 2.05) is 36.4 Å². The summed E-state index contributed by atoms with van der Waals surface area (Å²) in [5.41, 5.74) is 4.22. The number of hydrazone groups is 1. The Morgan fingerprint density at radius 1 is 1.15 bits per heavy atom. The minimum atomic E-state index is -0.190. The number of para-hydroxylation sites is 1. The third-order valence-corrected chi connectivity index (χ3v) is 4.81. The summed E-state index contributed by atoms with van der Waals surface area (Å²) in [6, 6.07) is 15.2. The zero-order chi connectivity index (χ0) is 19.1. The molecular formula is C20H19N3O3S. The predicted octanol–water partition coefficient (Wildman–Crippen LogP) is 3.49. The Morgan fingerprint density at radius 3 is 2.78 bits per heavy atom. The fourth-order valence-electron chi connectivity index (χ4n) is 2.48. The lowest BCUT2D eigenvalue weighted by Gasteiger charge is -2.07. The highest BCUT2D eigenvalue weighted by molar-refractivity contribution is 8.00. The Morgan fingerprint density at radius 2 is 1.96 bits per heavy atom. The molecule has 3 aromatic rings. The summed E-state index contributed by atoms with van der Waals surface area (Å²) >= 11 is 1.43. The Bertz CT molecular complexity index is 970. The zero-order valence-corrected chi connectivity index (χ0v) is 15.8. The Kier molecular flexibility index (Phi) is 6.27. The Labute approximate surface area is 161 Å². The molecule has 1 heterocycles. The molecule has 3 rings (SSSR count). The second kappa shape index (κ2) is 9.05. The van der Waals surface area contributed by atoms with E-state index in [4.69, 9.17) is 9.47 Å². The molecule has 0 saturated carbocycles. The molecule has 27 heavy (non-hydrogen) atoms. The predicted molar refractivity (Wildman–Crippen MR) is 108 cm³/mol. The number of hydrogen-bond donors (Lipinski definition) is 1. The lowest BCUT2D eigenvalue weighted by molar-refractivity contribution is -0.118. The van der Waals surface area contributed by atoms with Crippen molar-refractivity contribution in [3.8, 4) is 11.5 Å². The van der Waals surface area contributed by atoms with Gasteiger partial charge in [-0.25, -0.2) is 5.43 Å². The van der Waals surface area contributed by atoms with Crippen LogP contribution in [0.25, 0.3) is 10.9 Å². The number of rotatable bonds is 7. The molecule has 6 nitrogen and oxygen atoms in total. The van der Waals surface area contributed by atoms with E-state index in [-0.39, 0.29) is 11.7 Å². The molecule has 0 spiro atoms. The third-order valence-electron chi connectivity index (χ3n) is 3.76. The number of amides is 1. The van der Waals surface area contributed by atoms with Crippen LogP contribution < -0.4 is 14.9 Å². The van der Waals surface area contributed by atoms with Crippen LogP contribution in [0.2, 0.25) is 0 Å². The van der Waals surface area contributed by atoms with Gasteiger partial charge in [0, 0.05) is 16.5 Å². The first-order chi connectivity index (χ1) is 13.2. The molecule has 1 aromatic heterocycles. The van der Waals surface area contributed by atoms with Crippen molar-refractivity contribution in [3.05, 3.63) is 60.3 Å². The molecule has 0 radical (unpaired) electrons. The number of ether oxygens (including phenoxy) is 2. The van der Waals surface area contributed by atoms with E-state index < -0.39 is 0 Å². The average molecular weight is 381 g/mol. The van der Waals surface area contributed by atoms with Gasteiger partial charge in [0.25, 0.3) is 0 Å². The highest BCUT2D eigenvalue weighted by Crippen LogP contribution is 2.27. The number of benzene rings is 2. The number of aromatic nitrogens is 1. The number of methoxy groups -OCH3 is 2. The molecule has 1 N–H and O–H groups in total. The smallest absolute Gasteiger partial charge is 0.250 e. The van der Waals surface area contributed by atoms with Gasteiger partial charge in [0.2, 0.25) is 5.91 Å². The molecular weight excluding hydrogens is 362 g/mol. The number of carbonyl (C=O) groups excluding carboxylic acids is 1. The lowest BCUT2D eigenvalue weighted by atomic mass is 10.2. The SMILES string of the molecule is COc1ccc(/C=N/NC(=O)CSc2cccc3cccnc23)cc1OC. The molecule has 0 aliphatic heterocycles. The summed E-state index contributed by atoms with van der Waals surface area (Å²) in [7, 11) is 3.15. The van der Waals surface area contributed by atoms with Crippen LogP contribution in [0.4, 0.5) is 0 Å². The minimum Gasteiger partial charge on any atom is -0.493 e. The number of pyridine rings is 1. The maximum atomic E-state index is 12.1. The number of nitrogens with one attached hydrogen (secondary N) is 1. The van der Waals surface area contributed by atoms with Gasteiger partial charge in [-0.2, -0.15) is 5.10 Å². The first kappa shape index (κ1) is 18.7. The quantitative estimate of drug-likeness (QED) is 0.385. The van der Waals surface area contributed by atoms with Crippen molar-refractivity contribution in [1.82, 2.24) is 10.4 Å². The van der Waals surface area contributed by atoms with Crippen LogP contribution in [-0.2, 0) is 4.79 Å². The first-order valence-electron chi connectivity index (χ1n) is 8.21. The first-order valence-corrected chi connectivity index (χ1v) is 9.20. The van der Waals surface area contributed by atoms with E-state index in [0.717, 1.165) is 21.4 Å². The van der Waals surface area contributed by atoms with Gasteiger partial charge < -0.3 is 9.47 Å². The molecule has 138 valence electrons. The van der Waals surface area contributed by atoms with E-state index in [9.17, 15) is 4.79 Å². The highest BCUT2D eigenvalue weighted by Gasteiger charge is 2.06. The summed E-state index contributed by atoms with van der Waals surface area (Å²) in [5.74, 6) is 1.30. The lowest BCUT2D eigenvalue weighted by Crippen LogP contribution is -2.19. The summed E-state index contributed by atoms with van der Waals surface area (Å²) in [5, 5.41) is 5.05. The molecule has 0 aliphatic rings. The maximum Gasteiger partial charge on any atom is 0.250 e. The minimum absolute atomic E-state index is 0.190. The molecule has 0 aliphatic carbocycles. The summed E-state index contributed by atoms with van der Waals surface area (Å²) in [6.07, 6.45) is 3.31. The van der Waals surface area contributed by atoms with Gasteiger partial charge in [0.1, 0.15) is 0 Å². The number of carbonyl (C=O) groups is 1. The van der Waals surface area contributed by atoms with Crippen molar-refractivity contribution >= 4 is 34.8 Å². The van der Waals surface area contributed by atoms with Gasteiger partial charge >= 0.3 is 0 Å². The molecule has 0 unspecified atom stereocenters. The summed E-state index contributed by atoms with van der Waals surface area (Å²) < 4.78 is 10.4. The van der Waals surface area contributed by atoms with Gasteiger partial charge in [0.05, 0.1) is 31.7 Å². The largest absolute Gasteiger partial charge is 0.493 e. The van der Waals surface area contributed by atoms with Crippen LogP contribution in [0.3, 0.4) is 0 Å². The van der Waals surface area contributed by atoms with E-state index >= 15 is 0 Å².